The number of rotatable bonds is 6. The van der Waals surface area contributed by atoms with Gasteiger partial charge in [-0.3, -0.25) is 0 Å². The van der Waals surface area contributed by atoms with Crippen LogP contribution in [0.3, 0.4) is 0 Å². The maximum Gasteiger partial charge on any atom is 0.361 e. The van der Waals surface area contributed by atoms with Crippen molar-refractivity contribution >= 4 is 5.97 Å². The molecule has 0 saturated carbocycles. The summed E-state index contributed by atoms with van der Waals surface area (Å²) in [6.45, 7) is 8.14. The summed E-state index contributed by atoms with van der Waals surface area (Å²) in [5, 5.41) is 10.3. The lowest BCUT2D eigenvalue weighted by Gasteiger charge is -2.07. The minimum atomic E-state index is -0.505. The highest BCUT2D eigenvalue weighted by Gasteiger charge is 2.19. The Bertz CT molecular complexity index is 649. The van der Waals surface area contributed by atoms with Gasteiger partial charge in [-0.1, -0.05) is 18.7 Å². The lowest BCUT2D eigenvalue weighted by Crippen LogP contribution is -2.06. The largest absolute Gasteiger partial charge is 0.489 e. The number of benzene rings is 1. The van der Waals surface area contributed by atoms with E-state index in [1.54, 1.807) is 13.0 Å². The minimum Gasteiger partial charge on any atom is -0.489 e. The second-order valence-electron chi connectivity index (χ2n) is 4.51. The van der Waals surface area contributed by atoms with Gasteiger partial charge in [0.1, 0.15) is 18.1 Å². The third-order valence-corrected chi connectivity index (χ3v) is 2.61. The molecule has 0 aliphatic rings. The molecule has 1 N–H and O–H groups in total. The summed E-state index contributed by atoms with van der Waals surface area (Å²) in [4.78, 5) is 11.8. The second kappa shape index (κ2) is 6.69. The van der Waals surface area contributed by atoms with E-state index < -0.39 is 5.97 Å². The highest BCUT2D eigenvalue weighted by molar-refractivity contribution is 5.93. The van der Waals surface area contributed by atoms with Crippen molar-refractivity contribution in [2.45, 2.75) is 13.8 Å². The number of nitrogens with zero attached hydrogens (tertiary/aromatic N) is 2. The van der Waals surface area contributed by atoms with E-state index in [0.717, 1.165) is 11.1 Å². The van der Waals surface area contributed by atoms with Crippen molar-refractivity contribution in [2.75, 3.05) is 13.2 Å². The van der Waals surface area contributed by atoms with Crippen LogP contribution in [-0.2, 0) is 4.74 Å². The molecule has 2 rings (SSSR count). The Morgan fingerprint density at radius 2 is 2.19 bits per heavy atom. The molecule has 1 aromatic heterocycles. The first-order valence-electron chi connectivity index (χ1n) is 6.57. The quantitative estimate of drug-likeness (QED) is 0.652. The van der Waals surface area contributed by atoms with Gasteiger partial charge in [-0.2, -0.15) is 10.3 Å². The summed E-state index contributed by atoms with van der Waals surface area (Å²) in [6.07, 6.45) is 0. The van der Waals surface area contributed by atoms with Crippen molar-refractivity contribution in [1.82, 2.24) is 15.4 Å². The van der Waals surface area contributed by atoms with E-state index in [9.17, 15) is 4.79 Å². The normalized spacial score (nSPS) is 10.2. The van der Waals surface area contributed by atoms with Crippen molar-refractivity contribution in [3.8, 4) is 17.0 Å². The lowest BCUT2D eigenvalue weighted by molar-refractivity contribution is 0.0520. The van der Waals surface area contributed by atoms with Gasteiger partial charge in [-0.15, -0.1) is 5.10 Å². The number of carbonyl (C=O) groups excluding carboxylic acids is 1. The summed E-state index contributed by atoms with van der Waals surface area (Å²) in [7, 11) is 0. The van der Waals surface area contributed by atoms with Gasteiger partial charge < -0.3 is 9.47 Å². The minimum absolute atomic E-state index is 0.161. The standard InChI is InChI=1S/C15H17N3O3/c1-4-20-15(19)14-13(16-18-17-14)11-6-5-7-12(8-11)21-9-10(2)3/h5-8H,2,4,9H2,1,3H3,(H,16,17,18). The highest BCUT2D eigenvalue weighted by Crippen LogP contribution is 2.24. The van der Waals surface area contributed by atoms with Crippen LogP contribution >= 0.6 is 0 Å². The number of hydrogen-bond donors (Lipinski definition) is 1. The molecule has 0 atom stereocenters. The van der Waals surface area contributed by atoms with E-state index in [0.29, 0.717) is 18.1 Å². The zero-order valence-corrected chi connectivity index (χ0v) is 12.0. The average Bonchev–Trinajstić information content (AvgIpc) is 2.95. The Morgan fingerprint density at radius 3 is 2.90 bits per heavy atom. The predicted octanol–water partition coefficient (Wildman–Crippen LogP) is 2.60. The molecular weight excluding hydrogens is 270 g/mol. The Morgan fingerprint density at radius 1 is 1.38 bits per heavy atom. The molecule has 21 heavy (non-hydrogen) atoms. The number of nitrogens with one attached hydrogen (secondary N) is 1. The third-order valence-electron chi connectivity index (χ3n) is 2.61. The van der Waals surface area contributed by atoms with Crippen LogP contribution in [0, 0.1) is 0 Å². The fourth-order valence-corrected chi connectivity index (χ4v) is 1.71. The van der Waals surface area contributed by atoms with Crippen LogP contribution in [0.4, 0.5) is 0 Å². The van der Waals surface area contributed by atoms with Crippen molar-refractivity contribution in [3.05, 3.63) is 42.1 Å². The maximum atomic E-state index is 11.8. The molecule has 1 aromatic carbocycles. The average molecular weight is 287 g/mol. The molecule has 0 spiro atoms. The number of carbonyl (C=O) groups is 1. The number of ether oxygens (including phenoxy) is 2. The van der Waals surface area contributed by atoms with Crippen LogP contribution in [0.5, 0.6) is 5.75 Å². The molecule has 0 saturated heterocycles. The van der Waals surface area contributed by atoms with Crippen LogP contribution in [0.25, 0.3) is 11.3 Å². The lowest BCUT2D eigenvalue weighted by atomic mass is 10.1. The SMILES string of the molecule is C=C(C)COc1cccc(-c2n[nH]nc2C(=O)OCC)c1. The van der Waals surface area contributed by atoms with Crippen molar-refractivity contribution in [2.24, 2.45) is 0 Å². The molecule has 110 valence electrons. The van der Waals surface area contributed by atoms with E-state index >= 15 is 0 Å². The third kappa shape index (κ3) is 3.68. The van der Waals surface area contributed by atoms with Gasteiger partial charge in [0.05, 0.1) is 6.61 Å². The van der Waals surface area contributed by atoms with Crippen LogP contribution in [0.1, 0.15) is 24.3 Å². The monoisotopic (exact) mass is 287 g/mol. The van der Waals surface area contributed by atoms with Crippen LogP contribution in [0.2, 0.25) is 0 Å². The molecule has 6 nitrogen and oxygen atoms in total. The Kier molecular flexibility index (Phi) is 4.71. The van der Waals surface area contributed by atoms with Gasteiger partial charge in [0.25, 0.3) is 0 Å². The number of hydrogen-bond acceptors (Lipinski definition) is 5. The number of esters is 1. The molecule has 0 fully saturated rings. The first-order valence-corrected chi connectivity index (χ1v) is 6.57. The zero-order chi connectivity index (χ0) is 15.2. The van der Waals surface area contributed by atoms with E-state index in [4.69, 9.17) is 9.47 Å². The summed E-state index contributed by atoms with van der Waals surface area (Å²) in [6, 6.07) is 7.28. The smallest absolute Gasteiger partial charge is 0.361 e. The van der Waals surface area contributed by atoms with Gasteiger partial charge in [0.2, 0.25) is 0 Å². The van der Waals surface area contributed by atoms with Crippen LogP contribution in [-0.4, -0.2) is 34.6 Å². The summed E-state index contributed by atoms with van der Waals surface area (Å²) in [5.74, 6) is 0.169. The molecule has 1 heterocycles. The fraction of sp³-hybridized carbons (Fsp3) is 0.267. The first kappa shape index (κ1) is 14.8. The Balaban J connectivity index is 2.26. The summed E-state index contributed by atoms with van der Waals surface area (Å²) < 4.78 is 10.5. The molecule has 2 aromatic rings. The zero-order valence-electron chi connectivity index (χ0n) is 12.0. The van der Waals surface area contributed by atoms with E-state index in [1.807, 2.05) is 25.1 Å². The topological polar surface area (TPSA) is 77.1 Å². The van der Waals surface area contributed by atoms with E-state index in [1.165, 1.54) is 0 Å². The maximum absolute atomic E-state index is 11.8. The predicted molar refractivity (Wildman–Crippen MR) is 78.1 cm³/mol. The highest BCUT2D eigenvalue weighted by atomic mass is 16.5. The van der Waals surface area contributed by atoms with Crippen molar-refractivity contribution in [3.63, 3.8) is 0 Å². The van der Waals surface area contributed by atoms with Gasteiger partial charge >= 0.3 is 5.97 Å². The molecule has 0 aliphatic heterocycles. The fourth-order valence-electron chi connectivity index (χ4n) is 1.71. The second-order valence-corrected chi connectivity index (χ2v) is 4.51. The van der Waals surface area contributed by atoms with Crippen molar-refractivity contribution in [1.29, 1.82) is 0 Å². The molecule has 0 unspecified atom stereocenters. The summed E-state index contributed by atoms with van der Waals surface area (Å²) in [5.41, 5.74) is 2.25. The molecular formula is C15H17N3O3. The number of aromatic amines is 1. The number of H-pyrrole nitrogens is 1. The molecule has 0 radical (unpaired) electrons. The molecule has 6 heteroatoms. The molecule has 0 bridgehead atoms. The van der Waals surface area contributed by atoms with Gasteiger partial charge in [0, 0.05) is 5.56 Å². The van der Waals surface area contributed by atoms with Gasteiger partial charge in [-0.25, -0.2) is 4.79 Å². The van der Waals surface area contributed by atoms with Gasteiger partial charge in [-0.05, 0) is 31.6 Å². The van der Waals surface area contributed by atoms with E-state index in [-0.39, 0.29) is 12.3 Å². The Labute approximate surface area is 122 Å². The molecule has 0 amide bonds. The van der Waals surface area contributed by atoms with Gasteiger partial charge in [0.15, 0.2) is 5.69 Å². The van der Waals surface area contributed by atoms with Crippen molar-refractivity contribution < 1.29 is 14.3 Å². The summed E-state index contributed by atoms with van der Waals surface area (Å²) >= 11 is 0. The number of aromatic nitrogens is 3. The molecule has 0 aliphatic carbocycles. The first-order chi connectivity index (χ1) is 10.1. The Hall–Kier alpha value is -2.63. The van der Waals surface area contributed by atoms with Crippen LogP contribution in [0.15, 0.2) is 36.4 Å². The van der Waals surface area contributed by atoms with E-state index in [2.05, 4.69) is 22.0 Å². The van der Waals surface area contributed by atoms with Crippen LogP contribution < -0.4 is 4.74 Å².